The molecule has 96 valence electrons. The fourth-order valence-electron chi connectivity index (χ4n) is 1.67. The van der Waals surface area contributed by atoms with Gasteiger partial charge in [0.25, 0.3) is 0 Å². The van der Waals surface area contributed by atoms with Crippen LogP contribution in [-0.2, 0) is 0 Å². The molecular weight excluding hydrogens is 294 g/mol. The fourth-order valence-corrected chi connectivity index (χ4v) is 2.45. The van der Waals surface area contributed by atoms with Crippen molar-refractivity contribution in [2.75, 3.05) is 0 Å². The first-order chi connectivity index (χ1) is 9.79. The molecular formula is C13H6ClN5S. The Kier molecular flexibility index (Phi) is 3.37. The largest absolute Gasteiger partial charge is 0.264 e. The molecule has 0 unspecified atom stereocenters. The average molecular weight is 300 g/mol. The van der Waals surface area contributed by atoms with Gasteiger partial charge in [-0.3, -0.25) is 4.98 Å². The van der Waals surface area contributed by atoms with Gasteiger partial charge in [-0.25, -0.2) is 15.0 Å². The van der Waals surface area contributed by atoms with E-state index in [1.807, 2.05) is 17.5 Å². The summed E-state index contributed by atoms with van der Waals surface area (Å²) >= 11 is 7.49. The first kappa shape index (κ1) is 12.7. The molecule has 20 heavy (non-hydrogen) atoms. The van der Waals surface area contributed by atoms with E-state index in [4.69, 9.17) is 11.6 Å². The molecule has 7 heteroatoms. The second-order valence-electron chi connectivity index (χ2n) is 3.75. The van der Waals surface area contributed by atoms with Crippen LogP contribution in [0.3, 0.4) is 0 Å². The van der Waals surface area contributed by atoms with Crippen molar-refractivity contribution in [2.45, 2.75) is 0 Å². The first-order valence-corrected chi connectivity index (χ1v) is 6.83. The minimum absolute atomic E-state index is 0.117. The van der Waals surface area contributed by atoms with Crippen LogP contribution in [0.15, 0.2) is 36.1 Å². The number of hydrogen-bond donors (Lipinski definition) is 0. The van der Waals surface area contributed by atoms with Crippen molar-refractivity contribution in [1.82, 2.24) is 19.9 Å². The van der Waals surface area contributed by atoms with E-state index in [-0.39, 0.29) is 10.7 Å². The van der Waals surface area contributed by atoms with Gasteiger partial charge in [0.15, 0.2) is 16.0 Å². The van der Waals surface area contributed by atoms with Gasteiger partial charge in [-0.1, -0.05) is 11.6 Å². The van der Waals surface area contributed by atoms with Crippen LogP contribution in [0.1, 0.15) is 5.56 Å². The van der Waals surface area contributed by atoms with Crippen molar-refractivity contribution in [3.8, 4) is 28.2 Å². The van der Waals surface area contributed by atoms with Gasteiger partial charge < -0.3 is 0 Å². The normalized spacial score (nSPS) is 10.2. The highest BCUT2D eigenvalue weighted by molar-refractivity contribution is 7.13. The number of aromatic nitrogens is 4. The Labute approximate surface area is 123 Å². The molecule has 0 amide bonds. The molecule has 3 aromatic rings. The molecule has 0 N–H and O–H groups in total. The lowest BCUT2D eigenvalue weighted by Gasteiger charge is -2.06. The van der Waals surface area contributed by atoms with Gasteiger partial charge in [-0.2, -0.15) is 5.26 Å². The highest BCUT2D eigenvalue weighted by Crippen LogP contribution is 2.29. The summed E-state index contributed by atoms with van der Waals surface area (Å²) in [4.78, 5) is 16.7. The van der Waals surface area contributed by atoms with Crippen LogP contribution in [0.5, 0.6) is 0 Å². The van der Waals surface area contributed by atoms with E-state index in [9.17, 15) is 5.26 Å². The highest BCUT2D eigenvalue weighted by atomic mass is 35.5. The van der Waals surface area contributed by atoms with E-state index in [0.29, 0.717) is 22.1 Å². The second-order valence-corrected chi connectivity index (χ2v) is 5.00. The summed E-state index contributed by atoms with van der Waals surface area (Å²) in [6.07, 6.45) is 4.95. The molecule has 0 aliphatic heterocycles. The summed E-state index contributed by atoms with van der Waals surface area (Å²) in [5.41, 5.74) is 1.41. The maximum absolute atomic E-state index is 9.23. The molecule has 0 aromatic carbocycles. The van der Waals surface area contributed by atoms with Crippen molar-refractivity contribution in [2.24, 2.45) is 0 Å². The lowest BCUT2D eigenvalue weighted by atomic mass is 10.1. The van der Waals surface area contributed by atoms with Crippen molar-refractivity contribution in [1.29, 1.82) is 5.26 Å². The molecule has 3 aromatic heterocycles. The quantitative estimate of drug-likeness (QED) is 0.679. The third kappa shape index (κ3) is 2.25. The number of thiazole rings is 1. The van der Waals surface area contributed by atoms with Crippen molar-refractivity contribution < 1.29 is 0 Å². The van der Waals surface area contributed by atoms with Gasteiger partial charge in [0.05, 0.1) is 5.69 Å². The second kappa shape index (κ2) is 5.33. The summed E-state index contributed by atoms with van der Waals surface area (Å²) < 4.78 is 0. The Balaban J connectivity index is 2.25. The molecule has 0 atom stereocenters. The summed E-state index contributed by atoms with van der Waals surface area (Å²) in [6, 6.07) is 5.62. The molecule has 0 spiro atoms. The summed E-state index contributed by atoms with van der Waals surface area (Å²) in [5, 5.41) is 11.8. The van der Waals surface area contributed by atoms with Crippen LogP contribution >= 0.6 is 22.9 Å². The molecule has 3 rings (SSSR count). The Morgan fingerprint density at radius 3 is 2.80 bits per heavy atom. The zero-order valence-corrected chi connectivity index (χ0v) is 11.6. The number of nitriles is 1. The lowest BCUT2D eigenvalue weighted by Crippen LogP contribution is -1.98. The molecule has 5 nitrogen and oxygen atoms in total. The van der Waals surface area contributed by atoms with E-state index < -0.39 is 0 Å². The third-order valence-electron chi connectivity index (χ3n) is 2.54. The maximum atomic E-state index is 9.23. The van der Waals surface area contributed by atoms with Gasteiger partial charge in [0, 0.05) is 29.5 Å². The van der Waals surface area contributed by atoms with Crippen molar-refractivity contribution in [3.05, 3.63) is 46.8 Å². The minimum atomic E-state index is 0.117. The molecule has 0 fully saturated rings. The average Bonchev–Trinajstić information content (AvgIpc) is 3.01. The van der Waals surface area contributed by atoms with Crippen molar-refractivity contribution in [3.63, 3.8) is 0 Å². The van der Waals surface area contributed by atoms with Gasteiger partial charge in [-0.15, -0.1) is 11.3 Å². The molecule has 0 aliphatic rings. The van der Waals surface area contributed by atoms with Gasteiger partial charge in [-0.05, 0) is 12.1 Å². The first-order valence-electron chi connectivity index (χ1n) is 5.57. The fraction of sp³-hybridized carbons (Fsp3) is 0. The van der Waals surface area contributed by atoms with Crippen LogP contribution in [0.25, 0.3) is 22.1 Å². The van der Waals surface area contributed by atoms with Crippen LogP contribution < -0.4 is 0 Å². The molecule has 0 bridgehead atoms. The standard InChI is InChI=1S/C13H6ClN5S/c14-11-9(6-15)10(8-2-1-3-16-7-8)18-12(19-11)13-17-4-5-20-13/h1-5,7H. The van der Waals surface area contributed by atoms with E-state index in [1.165, 1.54) is 11.3 Å². The number of halogens is 1. The molecule has 0 saturated carbocycles. The Morgan fingerprint density at radius 1 is 1.25 bits per heavy atom. The van der Waals surface area contributed by atoms with Crippen LogP contribution in [0.4, 0.5) is 0 Å². The molecule has 0 radical (unpaired) electrons. The Morgan fingerprint density at radius 2 is 2.15 bits per heavy atom. The molecule has 0 saturated heterocycles. The predicted molar refractivity (Wildman–Crippen MR) is 76.1 cm³/mol. The number of rotatable bonds is 2. The van der Waals surface area contributed by atoms with Crippen molar-refractivity contribution >= 4 is 22.9 Å². The van der Waals surface area contributed by atoms with E-state index in [2.05, 4.69) is 19.9 Å². The maximum Gasteiger partial charge on any atom is 0.190 e. The highest BCUT2D eigenvalue weighted by Gasteiger charge is 2.16. The predicted octanol–water partition coefficient (Wildman–Crippen LogP) is 3.19. The SMILES string of the molecule is N#Cc1c(Cl)nc(-c2nccs2)nc1-c1cccnc1. The van der Waals surface area contributed by atoms with Crippen LogP contribution in [0, 0.1) is 11.3 Å². The van der Waals surface area contributed by atoms with Gasteiger partial charge in [0.1, 0.15) is 11.6 Å². The monoisotopic (exact) mass is 299 g/mol. The van der Waals surface area contributed by atoms with Gasteiger partial charge >= 0.3 is 0 Å². The summed E-state index contributed by atoms with van der Waals surface area (Å²) in [7, 11) is 0. The van der Waals surface area contributed by atoms with Crippen LogP contribution in [-0.4, -0.2) is 19.9 Å². The Bertz CT molecular complexity index is 781. The van der Waals surface area contributed by atoms with E-state index in [0.717, 1.165) is 0 Å². The zero-order chi connectivity index (χ0) is 13.9. The van der Waals surface area contributed by atoms with E-state index >= 15 is 0 Å². The lowest BCUT2D eigenvalue weighted by molar-refractivity contribution is 1.15. The molecule has 3 heterocycles. The van der Waals surface area contributed by atoms with E-state index in [1.54, 1.807) is 24.7 Å². The summed E-state index contributed by atoms with van der Waals surface area (Å²) in [5.74, 6) is 0.405. The smallest absolute Gasteiger partial charge is 0.190 e. The molecule has 0 aliphatic carbocycles. The summed E-state index contributed by atoms with van der Waals surface area (Å²) in [6.45, 7) is 0. The third-order valence-corrected chi connectivity index (χ3v) is 3.58. The van der Waals surface area contributed by atoms with Crippen LogP contribution in [0.2, 0.25) is 5.15 Å². The van der Waals surface area contributed by atoms with Gasteiger partial charge in [0.2, 0.25) is 0 Å². The minimum Gasteiger partial charge on any atom is -0.264 e. The number of nitrogens with zero attached hydrogens (tertiary/aromatic N) is 5. The number of pyridine rings is 1. The number of hydrogen-bond acceptors (Lipinski definition) is 6. The zero-order valence-electron chi connectivity index (χ0n) is 9.99. The topological polar surface area (TPSA) is 75.3 Å². The Hall–Kier alpha value is -2.36.